The molecule has 2 rings (SSSR count). The lowest BCUT2D eigenvalue weighted by molar-refractivity contribution is -0.134. The third-order valence-corrected chi connectivity index (χ3v) is 3.12. The molecule has 9 heteroatoms. The Morgan fingerprint density at radius 2 is 1.87 bits per heavy atom. The van der Waals surface area contributed by atoms with Gasteiger partial charge in [-0.05, 0) is 12.1 Å². The third-order valence-electron chi connectivity index (χ3n) is 3.12. The van der Waals surface area contributed by atoms with Gasteiger partial charge in [-0.15, -0.1) is 12.4 Å². The van der Waals surface area contributed by atoms with Crippen molar-refractivity contribution in [3.63, 3.8) is 0 Å². The molecule has 6 nitrogen and oxygen atoms in total. The van der Waals surface area contributed by atoms with E-state index >= 15 is 0 Å². The molecule has 1 saturated heterocycles. The molecule has 0 aliphatic carbocycles. The van der Waals surface area contributed by atoms with Crippen LogP contribution >= 0.6 is 12.4 Å². The van der Waals surface area contributed by atoms with Gasteiger partial charge in [-0.1, -0.05) is 6.07 Å². The minimum absolute atomic E-state index is 0. The summed E-state index contributed by atoms with van der Waals surface area (Å²) in [6, 6.07) is 3.19. The molecule has 0 radical (unpaired) electrons. The van der Waals surface area contributed by atoms with Crippen LogP contribution in [0, 0.1) is 11.6 Å². The number of carbonyl (C=O) groups excluding carboxylic acids is 2. The third kappa shape index (κ3) is 5.42. The standard InChI is InChI=1S/C14H17F2N3O3.ClH/c15-9-2-1-3-10(16)12(9)14(21)19-5-4-18-13(20)11-8-17-6-7-22-11;/h1-3,11,17H,4-8H2,(H,18,20)(H,19,21);1H. The second-order valence-electron chi connectivity index (χ2n) is 4.71. The van der Waals surface area contributed by atoms with Crippen molar-refractivity contribution in [1.29, 1.82) is 0 Å². The minimum atomic E-state index is -0.928. The highest BCUT2D eigenvalue weighted by molar-refractivity contribution is 5.94. The highest BCUT2D eigenvalue weighted by atomic mass is 35.5. The lowest BCUT2D eigenvalue weighted by atomic mass is 10.2. The first-order valence-corrected chi connectivity index (χ1v) is 6.92. The molecule has 0 saturated carbocycles. The lowest BCUT2D eigenvalue weighted by Gasteiger charge is -2.22. The van der Waals surface area contributed by atoms with Gasteiger partial charge in [0.2, 0.25) is 0 Å². The predicted molar refractivity (Wildman–Crippen MR) is 81.6 cm³/mol. The summed E-state index contributed by atoms with van der Waals surface area (Å²) in [4.78, 5) is 23.4. The quantitative estimate of drug-likeness (QED) is 0.665. The summed E-state index contributed by atoms with van der Waals surface area (Å²) in [6.07, 6.45) is -0.562. The Bertz CT molecular complexity index is 534. The summed E-state index contributed by atoms with van der Waals surface area (Å²) in [5, 5.41) is 7.95. The van der Waals surface area contributed by atoms with E-state index in [1.54, 1.807) is 0 Å². The Morgan fingerprint density at radius 3 is 2.48 bits per heavy atom. The average Bonchev–Trinajstić information content (AvgIpc) is 2.52. The number of nitrogens with one attached hydrogen (secondary N) is 3. The monoisotopic (exact) mass is 349 g/mol. The predicted octanol–water partition coefficient (Wildman–Crippen LogP) is 0.221. The van der Waals surface area contributed by atoms with Crippen LogP contribution in [-0.2, 0) is 9.53 Å². The molecule has 1 unspecified atom stereocenters. The number of ether oxygens (including phenoxy) is 1. The van der Waals surface area contributed by atoms with E-state index in [1.165, 1.54) is 6.07 Å². The van der Waals surface area contributed by atoms with Crippen molar-refractivity contribution in [2.45, 2.75) is 6.10 Å². The summed E-state index contributed by atoms with van der Waals surface area (Å²) in [6.45, 7) is 1.78. The van der Waals surface area contributed by atoms with Gasteiger partial charge < -0.3 is 20.7 Å². The van der Waals surface area contributed by atoms with E-state index in [-0.39, 0.29) is 31.4 Å². The fraction of sp³-hybridized carbons (Fsp3) is 0.429. The fourth-order valence-corrected chi connectivity index (χ4v) is 2.01. The number of amides is 2. The SMILES string of the molecule is Cl.O=C(NCCNC(=O)C1CNCCO1)c1c(F)cccc1F. The smallest absolute Gasteiger partial charge is 0.257 e. The largest absolute Gasteiger partial charge is 0.366 e. The average molecular weight is 350 g/mol. The molecule has 1 aromatic carbocycles. The zero-order valence-corrected chi connectivity index (χ0v) is 13.1. The summed E-state index contributed by atoms with van der Waals surface area (Å²) in [7, 11) is 0. The number of morpholine rings is 1. The zero-order valence-electron chi connectivity index (χ0n) is 12.2. The molecule has 1 fully saturated rings. The number of benzene rings is 1. The first-order chi connectivity index (χ1) is 10.6. The Balaban J connectivity index is 0.00000264. The van der Waals surface area contributed by atoms with Crippen LogP contribution in [-0.4, -0.2) is 50.7 Å². The van der Waals surface area contributed by atoms with Crippen LogP contribution in [0.4, 0.5) is 8.78 Å². The van der Waals surface area contributed by atoms with Crippen LogP contribution in [0.25, 0.3) is 0 Å². The molecule has 2 amide bonds. The van der Waals surface area contributed by atoms with Gasteiger partial charge in [0.25, 0.3) is 11.8 Å². The van der Waals surface area contributed by atoms with Crippen molar-refractivity contribution >= 4 is 24.2 Å². The molecule has 3 N–H and O–H groups in total. The van der Waals surface area contributed by atoms with E-state index in [2.05, 4.69) is 16.0 Å². The van der Waals surface area contributed by atoms with E-state index < -0.39 is 29.2 Å². The maximum atomic E-state index is 13.4. The van der Waals surface area contributed by atoms with Gasteiger partial charge in [-0.2, -0.15) is 0 Å². The summed E-state index contributed by atoms with van der Waals surface area (Å²) < 4.78 is 32.0. The van der Waals surface area contributed by atoms with Crippen LogP contribution in [0.1, 0.15) is 10.4 Å². The lowest BCUT2D eigenvalue weighted by Crippen LogP contribution is -2.49. The second kappa shape index (κ2) is 9.39. The molecule has 1 atom stereocenters. The zero-order chi connectivity index (χ0) is 15.9. The molecule has 1 heterocycles. The maximum Gasteiger partial charge on any atom is 0.257 e. The Labute approximate surface area is 138 Å². The molecular weight excluding hydrogens is 332 g/mol. The van der Waals surface area contributed by atoms with E-state index in [0.717, 1.165) is 12.1 Å². The van der Waals surface area contributed by atoms with Crippen molar-refractivity contribution in [3.05, 3.63) is 35.4 Å². The van der Waals surface area contributed by atoms with Gasteiger partial charge in [-0.25, -0.2) is 8.78 Å². The molecule has 1 aliphatic heterocycles. The molecule has 0 aromatic heterocycles. The van der Waals surface area contributed by atoms with Gasteiger partial charge in [0.15, 0.2) is 0 Å². The number of carbonyl (C=O) groups is 2. The van der Waals surface area contributed by atoms with Crippen molar-refractivity contribution < 1.29 is 23.1 Å². The maximum absolute atomic E-state index is 13.4. The second-order valence-corrected chi connectivity index (χ2v) is 4.71. The Hall–Kier alpha value is -1.77. The van der Waals surface area contributed by atoms with Crippen molar-refractivity contribution in [2.75, 3.05) is 32.8 Å². The van der Waals surface area contributed by atoms with Crippen molar-refractivity contribution in [2.24, 2.45) is 0 Å². The number of halogens is 3. The van der Waals surface area contributed by atoms with Crippen LogP contribution < -0.4 is 16.0 Å². The van der Waals surface area contributed by atoms with Gasteiger partial charge >= 0.3 is 0 Å². The fourth-order valence-electron chi connectivity index (χ4n) is 2.01. The first kappa shape index (κ1) is 19.3. The number of hydrogen-bond acceptors (Lipinski definition) is 4. The molecule has 1 aromatic rings. The van der Waals surface area contributed by atoms with Gasteiger partial charge in [0.05, 0.1) is 6.61 Å². The normalized spacial score (nSPS) is 17.0. The highest BCUT2D eigenvalue weighted by Gasteiger charge is 2.21. The van der Waals surface area contributed by atoms with Gasteiger partial charge in [0, 0.05) is 26.2 Å². The van der Waals surface area contributed by atoms with Crippen molar-refractivity contribution in [3.8, 4) is 0 Å². The van der Waals surface area contributed by atoms with Crippen LogP contribution in [0.3, 0.4) is 0 Å². The van der Waals surface area contributed by atoms with E-state index in [1.807, 2.05) is 0 Å². The first-order valence-electron chi connectivity index (χ1n) is 6.92. The summed E-state index contributed by atoms with van der Waals surface area (Å²) in [5.41, 5.74) is -0.631. The molecule has 23 heavy (non-hydrogen) atoms. The van der Waals surface area contributed by atoms with Crippen molar-refractivity contribution in [1.82, 2.24) is 16.0 Å². The van der Waals surface area contributed by atoms with Gasteiger partial charge in [0.1, 0.15) is 23.3 Å². The number of hydrogen-bond donors (Lipinski definition) is 3. The van der Waals surface area contributed by atoms with Crippen LogP contribution in [0.15, 0.2) is 18.2 Å². The van der Waals surface area contributed by atoms with E-state index in [4.69, 9.17) is 4.74 Å². The number of rotatable bonds is 5. The van der Waals surface area contributed by atoms with Gasteiger partial charge in [-0.3, -0.25) is 9.59 Å². The van der Waals surface area contributed by atoms with Crippen LogP contribution in [0.5, 0.6) is 0 Å². The summed E-state index contributed by atoms with van der Waals surface area (Å²) in [5.74, 6) is -3.01. The topological polar surface area (TPSA) is 79.5 Å². The molecule has 1 aliphatic rings. The molecule has 128 valence electrons. The van der Waals surface area contributed by atoms with E-state index in [9.17, 15) is 18.4 Å². The molecular formula is C14H18ClF2N3O3. The Kier molecular flexibility index (Phi) is 7.87. The van der Waals surface area contributed by atoms with E-state index in [0.29, 0.717) is 19.7 Å². The Morgan fingerprint density at radius 1 is 1.22 bits per heavy atom. The summed E-state index contributed by atoms with van der Waals surface area (Å²) >= 11 is 0. The minimum Gasteiger partial charge on any atom is -0.366 e. The highest BCUT2D eigenvalue weighted by Crippen LogP contribution is 2.11. The van der Waals surface area contributed by atoms with Crippen LogP contribution in [0.2, 0.25) is 0 Å². The molecule has 0 spiro atoms. The molecule has 0 bridgehead atoms.